The van der Waals surface area contributed by atoms with Crippen LogP contribution in [-0.4, -0.2) is 15.4 Å². The highest BCUT2D eigenvalue weighted by Crippen LogP contribution is 2.33. The molecule has 2 aromatic rings. The van der Waals surface area contributed by atoms with Crippen LogP contribution in [0.2, 0.25) is 0 Å². The Labute approximate surface area is 119 Å². The number of aromatic nitrogens is 2. The number of aryl methyl sites for hydroxylation is 3. The lowest BCUT2D eigenvalue weighted by atomic mass is 10.2. The van der Waals surface area contributed by atoms with Crippen LogP contribution in [0, 0.1) is 12.8 Å². The molecule has 102 valence electrons. The first-order chi connectivity index (χ1) is 9.28. The van der Waals surface area contributed by atoms with E-state index in [1.165, 1.54) is 36.8 Å². The Hall–Kier alpha value is -1.02. The summed E-state index contributed by atoms with van der Waals surface area (Å²) in [6.07, 6.45) is 6.38. The van der Waals surface area contributed by atoms with E-state index in [2.05, 4.69) is 29.7 Å². The summed E-state index contributed by atoms with van der Waals surface area (Å²) in [5.74, 6) is 2.80. The van der Waals surface area contributed by atoms with Crippen molar-refractivity contribution in [2.75, 3.05) is 5.88 Å². The molecule has 1 saturated carbocycles. The van der Waals surface area contributed by atoms with E-state index < -0.39 is 0 Å². The molecule has 1 heterocycles. The van der Waals surface area contributed by atoms with Crippen LogP contribution in [0.3, 0.4) is 0 Å². The molecule has 0 spiro atoms. The minimum absolute atomic E-state index is 0.644. The van der Waals surface area contributed by atoms with Gasteiger partial charge in [-0.3, -0.25) is 0 Å². The van der Waals surface area contributed by atoms with Crippen LogP contribution in [0.5, 0.6) is 0 Å². The molecule has 0 aliphatic heterocycles. The molecule has 1 aliphatic rings. The lowest BCUT2D eigenvalue weighted by Crippen LogP contribution is -2.05. The summed E-state index contributed by atoms with van der Waals surface area (Å²) >= 11 is 5.91. The smallest absolute Gasteiger partial charge is 0.111 e. The quantitative estimate of drug-likeness (QED) is 0.719. The van der Waals surface area contributed by atoms with Crippen molar-refractivity contribution in [3.8, 4) is 0 Å². The van der Waals surface area contributed by atoms with Gasteiger partial charge in [-0.15, -0.1) is 11.6 Å². The highest BCUT2D eigenvalue weighted by atomic mass is 35.5. The van der Waals surface area contributed by atoms with Crippen molar-refractivity contribution in [1.82, 2.24) is 9.55 Å². The maximum atomic E-state index is 5.91. The van der Waals surface area contributed by atoms with Crippen LogP contribution in [0.25, 0.3) is 11.0 Å². The third-order valence-electron chi connectivity index (χ3n) is 3.99. The van der Waals surface area contributed by atoms with Crippen LogP contribution < -0.4 is 0 Å². The maximum absolute atomic E-state index is 5.91. The molecule has 19 heavy (non-hydrogen) atoms. The van der Waals surface area contributed by atoms with Gasteiger partial charge in [-0.2, -0.15) is 0 Å². The lowest BCUT2D eigenvalue weighted by molar-refractivity contribution is 0.571. The number of benzene rings is 1. The van der Waals surface area contributed by atoms with Crippen molar-refractivity contribution < 1.29 is 0 Å². The average molecular weight is 277 g/mol. The van der Waals surface area contributed by atoms with Gasteiger partial charge in [-0.05, 0) is 43.4 Å². The van der Waals surface area contributed by atoms with Crippen molar-refractivity contribution in [2.45, 2.75) is 45.6 Å². The second kappa shape index (κ2) is 5.54. The van der Waals surface area contributed by atoms with Crippen LogP contribution in [0.15, 0.2) is 18.2 Å². The van der Waals surface area contributed by atoms with Crippen molar-refractivity contribution >= 4 is 22.6 Å². The molecule has 1 aliphatic carbocycles. The fourth-order valence-electron chi connectivity index (χ4n) is 2.75. The average Bonchev–Trinajstić information content (AvgIpc) is 3.15. The molecule has 0 saturated heterocycles. The minimum atomic E-state index is 0.644. The highest BCUT2D eigenvalue weighted by molar-refractivity contribution is 6.17. The van der Waals surface area contributed by atoms with E-state index in [1.807, 2.05) is 0 Å². The van der Waals surface area contributed by atoms with Crippen molar-refractivity contribution in [3.05, 3.63) is 29.6 Å². The number of alkyl halides is 1. The number of fused-ring (bicyclic) bond motifs is 1. The lowest BCUT2D eigenvalue weighted by Gasteiger charge is -2.08. The van der Waals surface area contributed by atoms with Crippen LogP contribution in [-0.2, 0) is 13.0 Å². The largest absolute Gasteiger partial charge is 0.328 e. The number of hydrogen-bond acceptors (Lipinski definition) is 1. The second-order valence-corrected chi connectivity index (χ2v) is 6.07. The molecule has 0 atom stereocenters. The van der Waals surface area contributed by atoms with Crippen LogP contribution >= 0.6 is 11.6 Å². The molecule has 1 fully saturated rings. The fourth-order valence-corrected chi connectivity index (χ4v) is 2.92. The Morgan fingerprint density at radius 3 is 2.95 bits per heavy atom. The first kappa shape index (κ1) is 13.0. The van der Waals surface area contributed by atoms with E-state index in [4.69, 9.17) is 16.6 Å². The molecule has 1 aromatic carbocycles. The van der Waals surface area contributed by atoms with Crippen LogP contribution in [0.4, 0.5) is 0 Å². The van der Waals surface area contributed by atoms with E-state index in [9.17, 15) is 0 Å². The van der Waals surface area contributed by atoms with Crippen molar-refractivity contribution in [2.24, 2.45) is 5.92 Å². The number of halogens is 1. The number of imidazole rings is 1. The molecule has 3 rings (SSSR count). The Balaban J connectivity index is 1.87. The topological polar surface area (TPSA) is 17.8 Å². The number of rotatable bonds is 6. The first-order valence-corrected chi connectivity index (χ1v) is 7.83. The predicted molar refractivity (Wildman–Crippen MR) is 80.9 cm³/mol. The van der Waals surface area contributed by atoms with Crippen molar-refractivity contribution in [1.29, 1.82) is 0 Å². The van der Waals surface area contributed by atoms with Gasteiger partial charge in [0.15, 0.2) is 0 Å². The molecule has 0 N–H and O–H groups in total. The van der Waals surface area contributed by atoms with Gasteiger partial charge < -0.3 is 4.57 Å². The summed E-state index contributed by atoms with van der Waals surface area (Å²) in [6.45, 7) is 3.23. The third-order valence-corrected chi connectivity index (χ3v) is 4.18. The molecule has 3 heteroatoms. The van der Waals surface area contributed by atoms with Gasteiger partial charge in [0.1, 0.15) is 5.82 Å². The fraction of sp³-hybridized carbons (Fsp3) is 0.562. The molecule has 1 aromatic heterocycles. The van der Waals surface area contributed by atoms with Gasteiger partial charge in [-0.25, -0.2) is 4.98 Å². The highest BCUT2D eigenvalue weighted by Gasteiger charge is 2.20. The third kappa shape index (κ3) is 2.94. The Morgan fingerprint density at radius 2 is 2.21 bits per heavy atom. The zero-order valence-electron chi connectivity index (χ0n) is 11.5. The summed E-state index contributed by atoms with van der Waals surface area (Å²) in [5, 5.41) is 0. The van der Waals surface area contributed by atoms with Gasteiger partial charge in [0.25, 0.3) is 0 Å². The monoisotopic (exact) mass is 276 g/mol. The van der Waals surface area contributed by atoms with E-state index in [0.717, 1.165) is 30.2 Å². The molecule has 2 nitrogen and oxygen atoms in total. The maximum Gasteiger partial charge on any atom is 0.111 e. The molecular weight excluding hydrogens is 256 g/mol. The van der Waals surface area contributed by atoms with Gasteiger partial charge in [0, 0.05) is 18.8 Å². The Morgan fingerprint density at radius 1 is 1.37 bits per heavy atom. The summed E-state index contributed by atoms with van der Waals surface area (Å²) < 4.78 is 2.38. The standard InChI is InChI=1S/C16H21ClN2/c1-12-4-7-14-15(11-12)19(16(18-14)8-9-17)10-2-3-13-5-6-13/h4,7,11,13H,2-3,5-6,8-10H2,1H3. The van der Waals surface area contributed by atoms with Crippen molar-refractivity contribution in [3.63, 3.8) is 0 Å². The normalized spacial score (nSPS) is 15.3. The zero-order chi connectivity index (χ0) is 13.2. The molecule has 0 radical (unpaired) electrons. The number of hydrogen-bond donors (Lipinski definition) is 0. The van der Waals surface area contributed by atoms with E-state index in [0.29, 0.717) is 5.88 Å². The summed E-state index contributed by atoms with van der Waals surface area (Å²) in [5.41, 5.74) is 3.68. The predicted octanol–water partition coefficient (Wildman–Crippen LogP) is 4.32. The summed E-state index contributed by atoms with van der Waals surface area (Å²) in [7, 11) is 0. The SMILES string of the molecule is Cc1ccc2nc(CCCl)n(CCCC3CC3)c2c1. The Kier molecular flexibility index (Phi) is 3.79. The zero-order valence-corrected chi connectivity index (χ0v) is 12.3. The van der Waals surface area contributed by atoms with Gasteiger partial charge in [-0.1, -0.05) is 18.9 Å². The molecule has 0 unspecified atom stereocenters. The van der Waals surface area contributed by atoms with Gasteiger partial charge in [0.2, 0.25) is 0 Å². The van der Waals surface area contributed by atoms with Gasteiger partial charge >= 0.3 is 0 Å². The van der Waals surface area contributed by atoms with Crippen LogP contribution in [0.1, 0.15) is 37.1 Å². The van der Waals surface area contributed by atoms with E-state index in [-0.39, 0.29) is 0 Å². The molecular formula is C16H21ClN2. The summed E-state index contributed by atoms with van der Waals surface area (Å²) in [4.78, 5) is 4.74. The van der Waals surface area contributed by atoms with E-state index in [1.54, 1.807) is 0 Å². The minimum Gasteiger partial charge on any atom is -0.328 e. The summed E-state index contributed by atoms with van der Waals surface area (Å²) in [6, 6.07) is 6.51. The molecule has 0 bridgehead atoms. The molecule has 0 amide bonds. The number of nitrogens with zero attached hydrogens (tertiary/aromatic N) is 2. The Bertz CT molecular complexity index is 569. The van der Waals surface area contributed by atoms with Gasteiger partial charge in [0.05, 0.1) is 11.0 Å². The van der Waals surface area contributed by atoms with E-state index >= 15 is 0 Å². The first-order valence-electron chi connectivity index (χ1n) is 7.29. The second-order valence-electron chi connectivity index (χ2n) is 5.70.